The predicted molar refractivity (Wildman–Crippen MR) is 65.7 cm³/mol. The van der Waals surface area contributed by atoms with Gasteiger partial charge < -0.3 is 5.32 Å². The van der Waals surface area contributed by atoms with Crippen molar-refractivity contribution < 1.29 is 0 Å². The fraction of sp³-hybridized carbons (Fsp3) is 1.00. The molecule has 0 aliphatic heterocycles. The Morgan fingerprint density at radius 3 is 2.14 bits per heavy atom. The van der Waals surface area contributed by atoms with Crippen LogP contribution in [-0.2, 0) is 0 Å². The van der Waals surface area contributed by atoms with Crippen molar-refractivity contribution >= 4 is 0 Å². The summed E-state index contributed by atoms with van der Waals surface area (Å²) < 4.78 is 0. The van der Waals surface area contributed by atoms with Crippen molar-refractivity contribution in [3.63, 3.8) is 0 Å². The molecule has 1 unspecified atom stereocenters. The molecule has 0 saturated heterocycles. The molecule has 0 saturated carbocycles. The van der Waals surface area contributed by atoms with Gasteiger partial charge in [-0.2, -0.15) is 0 Å². The number of nitrogens with one attached hydrogen (secondary N) is 1. The van der Waals surface area contributed by atoms with E-state index >= 15 is 0 Å². The Bertz CT molecular complexity index is 110. The third kappa shape index (κ3) is 10.0. The quantitative estimate of drug-likeness (QED) is 0.554. The third-order valence-corrected chi connectivity index (χ3v) is 2.73. The molecule has 14 heavy (non-hydrogen) atoms. The normalized spacial score (nSPS) is 13.5. The zero-order valence-corrected chi connectivity index (χ0v) is 10.6. The Morgan fingerprint density at radius 2 is 1.57 bits per heavy atom. The lowest BCUT2D eigenvalue weighted by Crippen LogP contribution is -2.23. The lowest BCUT2D eigenvalue weighted by Gasteiger charge is -2.12. The summed E-state index contributed by atoms with van der Waals surface area (Å²) >= 11 is 0. The van der Waals surface area contributed by atoms with Gasteiger partial charge >= 0.3 is 0 Å². The molecule has 0 bridgehead atoms. The first-order valence-electron chi connectivity index (χ1n) is 6.40. The van der Waals surface area contributed by atoms with Gasteiger partial charge in [0.15, 0.2) is 0 Å². The average Bonchev–Trinajstić information content (AvgIpc) is 2.13. The Kier molecular flexibility index (Phi) is 9.49. The van der Waals surface area contributed by atoms with Crippen LogP contribution in [0.5, 0.6) is 0 Å². The maximum Gasteiger partial charge on any atom is 0.00103 e. The molecular weight excluding hydrogens is 170 g/mol. The molecule has 0 aliphatic rings. The van der Waals surface area contributed by atoms with Crippen molar-refractivity contribution in [1.82, 2.24) is 5.32 Å². The van der Waals surface area contributed by atoms with Crippen LogP contribution < -0.4 is 5.32 Å². The molecule has 0 fully saturated rings. The van der Waals surface area contributed by atoms with Gasteiger partial charge in [0.1, 0.15) is 0 Å². The van der Waals surface area contributed by atoms with Crippen LogP contribution in [0.4, 0.5) is 0 Å². The van der Waals surface area contributed by atoms with E-state index in [1.807, 2.05) is 0 Å². The molecule has 1 N–H and O–H groups in total. The van der Waals surface area contributed by atoms with Gasteiger partial charge in [-0.1, -0.05) is 53.4 Å². The van der Waals surface area contributed by atoms with Crippen LogP contribution in [0.2, 0.25) is 0 Å². The molecule has 0 aliphatic carbocycles. The van der Waals surface area contributed by atoms with E-state index < -0.39 is 0 Å². The molecule has 0 aromatic carbocycles. The van der Waals surface area contributed by atoms with Crippen LogP contribution in [0.15, 0.2) is 0 Å². The molecule has 0 heterocycles. The van der Waals surface area contributed by atoms with Crippen LogP contribution in [0, 0.1) is 5.92 Å². The van der Waals surface area contributed by atoms with Crippen LogP contribution in [-0.4, -0.2) is 12.6 Å². The fourth-order valence-electron chi connectivity index (χ4n) is 1.73. The second-order valence-electron chi connectivity index (χ2n) is 4.85. The van der Waals surface area contributed by atoms with E-state index in [1.165, 1.54) is 45.1 Å². The molecule has 0 rings (SSSR count). The second kappa shape index (κ2) is 9.51. The van der Waals surface area contributed by atoms with Gasteiger partial charge in [0.25, 0.3) is 0 Å². The summed E-state index contributed by atoms with van der Waals surface area (Å²) in [5, 5.41) is 3.47. The van der Waals surface area contributed by atoms with Gasteiger partial charge in [-0.3, -0.25) is 0 Å². The molecule has 0 aromatic heterocycles. The maximum absolute atomic E-state index is 3.47. The van der Waals surface area contributed by atoms with Gasteiger partial charge in [-0.25, -0.2) is 0 Å². The van der Waals surface area contributed by atoms with E-state index in [0.717, 1.165) is 5.92 Å². The van der Waals surface area contributed by atoms with E-state index in [2.05, 4.69) is 33.0 Å². The van der Waals surface area contributed by atoms with E-state index in [-0.39, 0.29) is 0 Å². The minimum Gasteiger partial charge on any atom is -0.315 e. The highest BCUT2D eigenvalue weighted by molar-refractivity contribution is 4.57. The zero-order valence-electron chi connectivity index (χ0n) is 10.6. The highest BCUT2D eigenvalue weighted by atomic mass is 14.9. The van der Waals surface area contributed by atoms with E-state index in [1.54, 1.807) is 0 Å². The van der Waals surface area contributed by atoms with Gasteiger partial charge in [0, 0.05) is 6.04 Å². The highest BCUT2D eigenvalue weighted by Gasteiger charge is 2.01. The average molecular weight is 199 g/mol. The van der Waals surface area contributed by atoms with Gasteiger partial charge in [0.05, 0.1) is 0 Å². The summed E-state index contributed by atoms with van der Waals surface area (Å²) in [6, 6.07) is 0.644. The molecule has 1 nitrogen and oxygen atoms in total. The van der Waals surface area contributed by atoms with E-state index in [9.17, 15) is 0 Å². The van der Waals surface area contributed by atoms with Crippen molar-refractivity contribution in [2.45, 2.75) is 72.3 Å². The molecule has 0 aromatic rings. The fourth-order valence-corrected chi connectivity index (χ4v) is 1.73. The number of hydrogen-bond acceptors (Lipinski definition) is 1. The van der Waals surface area contributed by atoms with Gasteiger partial charge in [-0.15, -0.1) is 0 Å². The lowest BCUT2D eigenvalue weighted by molar-refractivity contribution is 0.436. The van der Waals surface area contributed by atoms with E-state index in [0.29, 0.717) is 6.04 Å². The van der Waals surface area contributed by atoms with Crippen LogP contribution in [0.3, 0.4) is 0 Å². The lowest BCUT2D eigenvalue weighted by atomic mass is 9.98. The second-order valence-corrected chi connectivity index (χ2v) is 4.85. The standard InChI is InChI=1S/C13H29N/c1-5-6-7-9-13(4)10-8-11-14-12(2)3/h12-14H,5-11H2,1-4H3. The number of unbranched alkanes of at least 4 members (excludes halogenated alkanes) is 2. The minimum atomic E-state index is 0.644. The predicted octanol–water partition coefficient (Wildman–Crippen LogP) is 3.98. The van der Waals surface area contributed by atoms with Crippen LogP contribution in [0.25, 0.3) is 0 Å². The maximum atomic E-state index is 3.47. The smallest absolute Gasteiger partial charge is 0.00103 e. The van der Waals surface area contributed by atoms with E-state index in [4.69, 9.17) is 0 Å². The van der Waals surface area contributed by atoms with Gasteiger partial charge in [-0.05, 0) is 25.3 Å². The molecular formula is C13H29N. The number of rotatable bonds is 9. The molecule has 0 radical (unpaired) electrons. The highest BCUT2D eigenvalue weighted by Crippen LogP contribution is 2.14. The summed E-state index contributed by atoms with van der Waals surface area (Å²) in [7, 11) is 0. The molecule has 1 atom stereocenters. The Balaban J connectivity index is 3.14. The first-order valence-corrected chi connectivity index (χ1v) is 6.40. The Labute approximate surface area is 90.7 Å². The molecule has 86 valence electrons. The molecule has 1 heteroatoms. The molecule has 0 spiro atoms. The summed E-state index contributed by atoms with van der Waals surface area (Å²) in [5.74, 6) is 0.926. The van der Waals surface area contributed by atoms with Crippen molar-refractivity contribution in [2.24, 2.45) is 5.92 Å². The minimum absolute atomic E-state index is 0.644. The summed E-state index contributed by atoms with van der Waals surface area (Å²) in [5.41, 5.74) is 0. The van der Waals surface area contributed by atoms with Crippen LogP contribution in [0.1, 0.15) is 66.2 Å². The molecule has 0 amide bonds. The monoisotopic (exact) mass is 199 g/mol. The summed E-state index contributed by atoms with van der Waals surface area (Å²) in [6.45, 7) is 10.3. The Morgan fingerprint density at radius 1 is 0.929 bits per heavy atom. The topological polar surface area (TPSA) is 12.0 Å². The first-order chi connectivity index (χ1) is 6.66. The SMILES string of the molecule is CCCCCC(C)CCCNC(C)C. The Hall–Kier alpha value is -0.0400. The zero-order chi connectivity index (χ0) is 10.8. The number of hydrogen-bond donors (Lipinski definition) is 1. The summed E-state index contributed by atoms with van der Waals surface area (Å²) in [4.78, 5) is 0. The van der Waals surface area contributed by atoms with Crippen LogP contribution >= 0.6 is 0 Å². The first kappa shape index (κ1) is 14.0. The third-order valence-electron chi connectivity index (χ3n) is 2.73. The largest absolute Gasteiger partial charge is 0.315 e. The summed E-state index contributed by atoms with van der Waals surface area (Å²) in [6.07, 6.45) is 8.34. The van der Waals surface area contributed by atoms with Gasteiger partial charge in [0.2, 0.25) is 0 Å². The van der Waals surface area contributed by atoms with Crippen molar-refractivity contribution in [1.29, 1.82) is 0 Å². The van der Waals surface area contributed by atoms with Crippen molar-refractivity contribution in [2.75, 3.05) is 6.54 Å². The van der Waals surface area contributed by atoms with Crippen molar-refractivity contribution in [3.8, 4) is 0 Å². The van der Waals surface area contributed by atoms with Crippen molar-refractivity contribution in [3.05, 3.63) is 0 Å².